The van der Waals surface area contributed by atoms with Crippen LogP contribution in [0.1, 0.15) is 49.9 Å². The Morgan fingerprint density at radius 2 is 1.96 bits per heavy atom. The van der Waals surface area contributed by atoms with Crippen LogP contribution in [0.4, 0.5) is 0 Å². The minimum atomic E-state index is -0.902. The van der Waals surface area contributed by atoms with Gasteiger partial charge in [-0.3, -0.25) is 14.4 Å². The third-order valence-corrected chi connectivity index (χ3v) is 4.84. The molecule has 148 valence electrons. The minimum Gasteiger partial charge on any atom is -0.497 e. The second-order valence-corrected chi connectivity index (χ2v) is 6.92. The normalized spacial score (nSPS) is 20.3. The molecule has 27 heavy (non-hydrogen) atoms. The largest absolute Gasteiger partial charge is 0.497 e. The van der Waals surface area contributed by atoms with Crippen molar-refractivity contribution in [3.8, 4) is 5.75 Å². The van der Waals surface area contributed by atoms with Crippen LogP contribution in [0.3, 0.4) is 0 Å². The fraction of sp³-hybridized carbons (Fsp3) is 0.550. The van der Waals surface area contributed by atoms with E-state index >= 15 is 0 Å². The molecule has 0 aliphatic heterocycles. The van der Waals surface area contributed by atoms with Crippen LogP contribution in [0.2, 0.25) is 0 Å². The average molecular weight is 376 g/mol. The third-order valence-electron chi connectivity index (χ3n) is 4.84. The summed E-state index contributed by atoms with van der Waals surface area (Å²) in [5.41, 5.74) is 0.374. The van der Waals surface area contributed by atoms with Gasteiger partial charge in [0, 0.05) is 11.6 Å². The molecule has 1 saturated carbocycles. The van der Waals surface area contributed by atoms with Gasteiger partial charge in [0.05, 0.1) is 7.11 Å². The summed E-state index contributed by atoms with van der Waals surface area (Å²) in [5.74, 6) is -0.411. The van der Waals surface area contributed by atoms with Crippen LogP contribution >= 0.6 is 0 Å². The Bertz CT molecular complexity index is 676. The van der Waals surface area contributed by atoms with Gasteiger partial charge in [0.15, 0.2) is 6.10 Å². The molecule has 7 heteroatoms. The van der Waals surface area contributed by atoms with Crippen molar-refractivity contribution >= 4 is 17.8 Å². The summed E-state index contributed by atoms with van der Waals surface area (Å²) in [6.45, 7) is 3.34. The van der Waals surface area contributed by atoms with Gasteiger partial charge >= 0.3 is 5.97 Å². The van der Waals surface area contributed by atoms with E-state index in [0.29, 0.717) is 17.2 Å². The number of carbonyl (C=O) groups is 3. The number of carbonyl (C=O) groups excluding carboxylic acids is 3. The molecular weight excluding hydrogens is 348 g/mol. The molecule has 0 spiro atoms. The zero-order valence-corrected chi connectivity index (χ0v) is 16.1. The number of esters is 1. The molecule has 0 unspecified atom stereocenters. The van der Waals surface area contributed by atoms with E-state index in [9.17, 15) is 14.4 Å². The predicted molar refractivity (Wildman–Crippen MR) is 100 cm³/mol. The Morgan fingerprint density at radius 3 is 2.67 bits per heavy atom. The Morgan fingerprint density at radius 1 is 1.22 bits per heavy atom. The lowest BCUT2D eigenvalue weighted by molar-refractivity contribution is -0.154. The molecule has 0 bridgehead atoms. The van der Waals surface area contributed by atoms with Crippen LogP contribution < -0.4 is 15.4 Å². The van der Waals surface area contributed by atoms with Crippen molar-refractivity contribution in [2.75, 3.05) is 13.7 Å². The molecule has 1 aromatic rings. The van der Waals surface area contributed by atoms with E-state index in [1.165, 1.54) is 20.5 Å². The smallest absolute Gasteiger partial charge is 0.326 e. The van der Waals surface area contributed by atoms with E-state index < -0.39 is 18.0 Å². The van der Waals surface area contributed by atoms with Crippen LogP contribution in [0.5, 0.6) is 5.75 Å². The lowest BCUT2D eigenvalue weighted by Gasteiger charge is -2.30. The Balaban J connectivity index is 1.76. The van der Waals surface area contributed by atoms with Crippen LogP contribution in [-0.2, 0) is 14.3 Å². The van der Waals surface area contributed by atoms with Gasteiger partial charge < -0.3 is 20.1 Å². The van der Waals surface area contributed by atoms with Crippen LogP contribution in [0, 0.1) is 5.92 Å². The number of hydrogen-bond acceptors (Lipinski definition) is 5. The third kappa shape index (κ3) is 6.27. The van der Waals surface area contributed by atoms with E-state index in [1.807, 2.05) is 0 Å². The highest BCUT2D eigenvalue weighted by Gasteiger charge is 2.26. The maximum Gasteiger partial charge on any atom is 0.326 e. The molecule has 1 aromatic carbocycles. The van der Waals surface area contributed by atoms with Crippen molar-refractivity contribution in [3.63, 3.8) is 0 Å². The molecule has 1 aliphatic carbocycles. The zero-order chi connectivity index (χ0) is 19.8. The van der Waals surface area contributed by atoms with Gasteiger partial charge in [0.1, 0.15) is 12.3 Å². The average Bonchev–Trinajstić information content (AvgIpc) is 2.67. The Hall–Kier alpha value is -2.57. The lowest BCUT2D eigenvalue weighted by atomic mass is 9.86. The van der Waals surface area contributed by atoms with Crippen molar-refractivity contribution in [2.45, 2.75) is 51.7 Å². The van der Waals surface area contributed by atoms with Crippen molar-refractivity contribution < 1.29 is 23.9 Å². The van der Waals surface area contributed by atoms with Crippen LogP contribution in [0.15, 0.2) is 24.3 Å². The number of methoxy groups -OCH3 is 1. The number of nitrogens with one attached hydrogen (secondary N) is 2. The highest BCUT2D eigenvalue weighted by atomic mass is 16.5. The number of ether oxygens (including phenoxy) is 2. The van der Waals surface area contributed by atoms with Gasteiger partial charge in [-0.25, -0.2) is 0 Å². The highest BCUT2D eigenvalue weighted by molar-refractivity contribution is 5.96. The first-order valence-electron chi connectivity index (χ1n) is 9.32. The van der Waals surface area contributed by atoms with Gasteiger partial charge in [-0.1, -0.05) is 25.8 Å². The van der Waals surface area contributed by atoms with Crippen LogP contribution in [0.25, 0.3) is 0 Å². The quantitative estimate of drug-likeness (QED) is 0.711. The molecule has 0 saturated heterocycles. The molecule has 2 amide bonds. The molecule has 3 atom stereocenters. The van der Waals surface area contributed by atoms with Gasteiger partial charge in [0.25, 0.3) is 11.8 Å². The molecule has 0 aromatic heterocycles. The van der Waals surface area contributed by atoms with Gasteiger partial charge in [-0.05, 0) is 43.9 Å². The first kappa shape index (κ1) is 20.7. The molecule has 0 radical (unpaired) electrons. The van der Waals surface area contributed by atoms with E-state index in [4.69, 9.17) is 9.47 Å². The van der Waals surface area contributed by atoms with E-state index in [0.717, 1.165) is 19.3 Å². The lowest BCUT2D eigenvalue weighted by Crippen LogP contribution is -2.46. The van der Waals surface area contributed by atoms with E-state index in [1.54, 1.807) is 24.3 Å². The number of benzene rings is 1. The number of rotatable bonds is 7. The molecule has 1 fully saturated rings. The summed E-state index contributed by atoms with van der Waals surface area (Å²) in [5, 5.41) is 5.44. The van der Waals surface area contributed by atoms with Gasteiger partial charge in [-0.2, -0.15) is 0 Å². The van der Waals surface area contributed by atoms with Crippen LogP contribution in [-0.4, -0.2) is 43.6 Å². The summed E-state index contributed by atoms with van der Waals surface area (Å²) in [6, 6.07) is 6.72. The fourth-order valence-corrected chi connectivity index (χ4v) is 3.14. The summed E-state index contributed by atoms with van der Waals surface area (Å²) in [4.78, 5) is 36.2. The topological polar surface area (TPSA) is 93.7 Å². The Labute approximate surface area is 159 Å². The highest BCUT2D eigenvalue weighted by Crippen LogP contribution is 2.23. The van der Waals surface area contributed by atoms with Gasteiger partial charge in [0.2, 0.25) is 0 Å². The molecule has 7 nitrogen and oxygen atoms in total. The maximum atomic E-state index is 12.2. The Kier molecular flexibility index (Phi) is 7.64. The molecule has 1 aliphatic rings. The first-order chi connectivity index (χ1) is 12.9. The molecule has 2 N–H and O–H groups in total. The number of amides is 2. The standard InChI is InChI=1S/C20H28N2O5/c1-13-7-4-5-10-17(13)22-19(24)14(2)27-18(23)12-21-20(25)15-8-6-9-16(11-15)26-3/h6,8-9,11,13-14,17H,4-5,7,10,12H2,1-3H3,(H,21,25)(H,22,24)/t13-,14+,17+/m0/s1. The summed E-state index contributed by atoms with van der Waals surface area (Å²) in [6.07, 6.45) is 3.42. The predicted octanol–water partition coefficient (Wildman–Crippen LogP) is 2.05. The molecule has 2 rings (SSSR count). The SMILES string of the molecule is COc1cccc(C(=O)NCC(=O)O[C@H](C)C(=O)N[C@@H]2CCCC[C@@H]2C)c1. The zero-order valence-electron chi connectivity index (χ0n) is 16.1. The minimum absolute atomic E-state index is 0.125. The van der Waals surface area contributed by atoms with Crippen molar-refractivity contribution in [3.05, 3.63) is 29.8 Å². The van der Waals surface area contributed by atoms with Crippen molar-refractivity contribution in [1.29, 1.82) is 0 Å². The van der Waals surface area contributed by atoms with Crippen molar-refractivity contribution in [2.24, 2.45) is 5.92 Å². The summed E-state index contributed by atoms with van der Waals surface area (Å²) in [7, 11) is 1.51. The monoisotopic (exact) mass is 376 g/mol. The number of hydrogen-bond donors (Lipinski definition) is 2. The second kappa shape index (κ2) is 9.94. The van der Waals surface area contributed by atoms with E-state index in [-0.39, 0.29) is 18.5 Å². The summed E-state index contributed by atoms with van der Waals surface area (Å²) >= 11 is 0. The molecular formula is C20H28N2O5. The maximum absolute atomic E-state index is 12.2. The first-order valence-corrected chi connectivity index (χ1v) is 9.32. The summed E-state index contributed by atoms with van der Waals surface area (Å²) < 4.78 is 10.2. The fourth-order valence-electron chi connectivity index (χ4n) is 3.14. The second-order valence-electron chi connectivity index (χ2n) is 6.92. The van der Waals surface area contributed by atoms with Gasteiger partial charge in [-0.15, -0.1) is 0 Å². The van der Waals surface area contributed by atoms with E-state index in [2.05, 4.69) is 17.6 Å². The molecule has 0 heterocycles. The van der Waals surface area contributed by atoms with Crippen molar-refractivity contribution in [1.82, 2.24) is 10.6 Å².